The molecule has 0 bridgehead atoms. The molecular formula is C16H18N3O3+. The highest BCUT2D eigenvalue weighted by Gasteiger charge is 2.29. The van der Waals surface area contributed by atoms with Crippen molar-refractivity contribution in [3.63, 3.8) is 0 Å². The fourth-order valence-corrected chi connectivity index (χ4v) is 2.58. The van der Waals surface area contributed by atoms with Crippen LogP contribution in [0.3, 0.4) is 0 Å². The van der Waals surface area contributed by atoms with Crippen LogP contribution in [0.4, 0.5) is 4.79 Å². The van der Waals surface area contributed by atoms with Crippen molar-refractivity contribution < 1.29 is 19.3 Å². The topological polar surface area (TPSA) is 79.2 Å². The molecule has 0 radical (unpaired) electrons. The second kappa shape index (κ2) is 6.44. The van der Waals surface area contributed by atoms with Crippen LogP contribution in [-0.2, 0) is 4.79 Å². The number of quaternary nitrogens is 1. The molecule has 1 saturated heterocycles. The number of nitrogens with two attached hydrogens (primary N) is 1. The molecule has 2 heterocycles. The van der Waals surface area contributed by atoms with E-state index >= 15 is 0 Å². The highest BCUT2D eigenvalue weighted by Crippen LogP contribution is 2.18. The zero-order valence-electron chi connectivity index (χ0n) is 12.1. The van der Waals surface area contributed by atoms with Crippen LogP contribution in [-0.4, -0.2) is 36.5 Å². The predicted octanol–water partition coefficient (Wildman–Crippen LogP) is 0.484. The minimum absolute atomic E-state index is 0.106. The Bertz CT molecular complexity index is 640. The number of hydrogen-bond donors (Lipinski definition) is 2. The molecule has 1 aromatic carbocycles. The van der Waals surface area contributed by atoms with Crippen LogP contribution in [0.1, 0.15) is 17.4 Å². The number of benzene rings is 1. The molecule has 22 heavy (non-hydrogen) atoms. The minimum atomic E-state index is -0.312. The highest BCUT2D eigenvalue weighted by molar-refractivity contribution is 5.96. The molecule has 6 nitrogen and oxygen atoms in total. The molecule has 3 N–H and O–H groups in total. The average molecular weight is 300 g/mol. The minimum Gasteiger partial charge on any atom is -0.463 e. The molecule has 1 atom stereocenters. The van der Waals surface area contributed by atoms with Gasteiger partial charge in [0.05, 0.1) is 6.26 Å². The lowest BCUT2D eigenvalue weighted by molar-refractivity contribution is -0.679. The first kappa shape index (κ1) is 14.3. The molecule has 0 aliphatic carbocycles. The molecule has 3 rings (SSSR count). The first-order valence-electron chi connectivity index (χ1n) is 7.25. The van der Waals surface area contributed by atoms with Crippen LogP contribution >= 0.6 is 0 Å². The van der Waals surface area contributed by atoms with E-state index in [1.807, 2.05) is 47.8 Å². The number of amides is 3. The van der Waals surface area contributed by atoms with Gasteiger partial charge in [-0.25, -0.2) is 4.79 Å². The lowest BCUT2D eigenvalue weighted by Gasteiger charge is -2.16. The maximum atomic E-state index is 12.2. The number of nitrogens with zero attached hydrogens (tertiary/aromatic N) is 1. The number of nitrogens with one attached hydrogen (secondary N) is 1. The number of imide groups is 1. The summed E-state index contributed by atoms with van der Waals surface area (Å²) in [5, 5.41) is 4.52. The van der Waals surface area contributed by atoms with Gasteiger partial charge in [-0.1, -0.05) is 30.3 Å². The molecule has 2 aromatic rings. The molecule has 1 aromatic heterocycles. The molecule has 114 valence electrons. The van der Waals surface area contributed by atoms with Gasteiger partial charge < -0.3 is 15.1 Å². The Morgan fingerprint density at radius 1 is 1.27 bits per heavy atom. The van der Waals surface area contributed by atoms with Crippen molar-refractivity contribution in [1.29, 1.82) is 0 Å². The van der Waals surface area contributed by atoms with Gasteiger partial charge in [-0.05, 0) is 12.1 Å². The van der Waals surface area contributed by atoms with Gasteiger partial charge in [-0.3, -0.25) is 9.69 Å². The van der Waals surface area contributed by atoms with E-state index in [1.165, 1.54) is 4.90 Å². The first-order chi connectivity index (χ1) is 10.8. The fourth-order valence-electron chi connectivity index (χ4n) is 2.58. The van der Waals surface area contributed by atoms with Crippen molar-refractivity contribution in [2.24, 2.45) is 0 Å². The molecule has 0 spiro atoms. The summed E-state index contributed by atoms with van der Waals surface area (Å²) in [7, 11) is 0. The zero-order chi connectivity index (χ0) is 15.4. The Balaban J connectivity index is 1.71. The van der Waals surface area contributed by atoms with E-state index in [1.54, 1.807) is 6.26 Å². The van der Waals surface area contributed by atoms with Crippen molar-refractivity contribution in [3.05, 3.63) is 60.1 Å². The number of furan rings is 1. The second-order valence-electron chi connectivity index (χ2n) is 5.12. The fraction of sp³-hybridized carbons (Fsp3) is 0.250. The third-order valence-corrected chi connectivity index (χ3v) is 3.69. The number of rotatable bonds is 5. The molecule has 0 unspecified atom stereocenters. The van der Waals surface area contributed by atoms with E-state index in [4.69, 9.17) is 4.42 Å². The van der Waals surface area contributed by atoms with Crippen LogP contribution in [0.25, 0.3) is 0 Å². The maximum Gasteiger partial charge on any atom is 0.324 e. The molecule has 1 aliphatic heterocycles. The summed E-state index contributed by atoms with van der Waals surface area (Å²) in [4.78, 5) is 24.9. The summed E-state index contributed by atoms with van der Waals surface area (Å²) in [6.45, 7) is 1.14. The largest absolute Gasteiger partial charge is 0.463 e. The maximum absolute atomic E-state index is 12.2. The third kappa shape index (κ3) is 3.01. The molecule has 1 fully saturated rings. The van der Waals surface area contributed by atoms with Crippen molar-refractivity contribution in [2.75, 3.05) is 19.6 Å². The van der Waals surface area contributed by atoms with Gasteiger partial charge in [0.2, 0.25) is 0 Å². The molecule has 3 amide bonds. The van der Waals surface area contributed by atoms with E-state index < -0.39 is 0 Å². The summed E-state index contributed by atoms with van der Waals surface area (Å²) in [5.41, 5.74) is 1.05. The predicted molar refractivity (Wildman–Crippen MR) is 78.9 cm³/mol. The van der Waals surface area contributed by atoms with Crippen LogP contribution < -0.4 is 10.6 Å². The standard InChI is InChI=1S/C16H17N3O3/c20-14(19-9-8-17-16(19)21)11-18-15(13-7-4-10-22-13)12-5-2-1-3-6-12/h1-7,10,15,18H,8-9,11H2,(H,17,21)/p+1/t15-/m0/s1. The Hall–Kier alpha value is -2.60. The van der Waals surface area contributed by atoms with E-state index in [0.29, 0.717) is 13.1 Å². The van der Waals surface area contributed by atoms with Gasteiger partial charge >= 0.3 is 6.03 Å². The normalized spacial score (nSPS) is 15.6. The number of carbonyl (C=O) groups excluding carboxylic acids is 2. The quantitative estimate of drug-likeness (QED) is 0.843. The van der Waals surface area contributed by atoms with E-state index in [-0.39, 0.29) is 24.5 Å². The summed E-state index contributed by atoms with van der Waals surface area (Å²) >= 11 is 0. The highest BCUT2D eigenvalue weighted by atomic mass is 16.3. The number of urea groups is 1. The van der Waals surface area contributed by atoms with Crippen LogP contribution in [0, 0.1) is 0 Å². The van der Waals surface area contributed by atoms with Gasteiger partial charge in [0.1, 0.15) is 0 Å². The van der Waals surface area contributed by atoms with Crippen molar-refractivity contribution in [3.8, 4) is 0 Å². The zero-order valence-corrected chi connectivity index (χ0v) is 12.1. The SMILES string of the molecule is O=C(C[NH2+][C@@H](c1ccccc1)c1ccco1)N1CCNC1=O. The Morgan fingerprint density at radius 2 is 2.09 bits per heavy atom. The van der Waals surface area contributed by atoms with E-state index in [0.717, 1.165) is 11.3 Å². The van der Waals surface area contributed by atoms with Crippen molar-refractivity contribution >= 4 is 11.9 Å². The van der Waals surface area contributed by atoms with Gasteiger partial charge in [0.25, 0.3) is 5.91 Å². The van der Waals surface area contributed by atoms with Crippen LogP contribution in [0.15, 0.2) is 53.1 Å². The van der Waals surface area contributed by atoms with Gasteiger partial charge in [0.15, 0.2) is 18.3 Å². The van der Waals surface area contributed by atoms with Gasteiger partial charge in [-0.2, -0.15) is 0 Å². The first-order valence-corrected chi connectivity index (χ1v) is 7.25. The molecule has 0 saturated carbocycles. The lowest BCUT2D eigenvalue weighted by atomic mass is 10.0. The summed E-state index contributed by atoms with van der Waals surface area (Å²) in [5.74, 6) is 0.590. The molecular weight excluding hydrogens is 282 g/mol. The Labute approximate surface area is 128 Å². The van der Waals surface area contributed by atoms with E-state index in [9.17, 15) is 9.59 Å². The summed E-state index contributed by atoms with van der Waals surface area (Å²) in [6, 6.07) is 13.1. The molecule has 1 aliphatic rings. The molecule has 6 heteroatoms. The van der Waals surface area contributed by atoms with Crippen LogP contribution in [0.5, 0.6) is 0 Å². The Kier molecular flexibility index (Phi) is 4.20. The smallest absolute Gasteiger partial charge is 0.324 e. The monoisotopic (exact) mass is 300 g/mol. The summed E-state index contributed by atoms with van der Waals surface area (Å²) in [6.07, 6.45) is 1.62. The lowest BCUT2D eigenvalue weighted by Crippen LogP contribution is -2.87. The second-order valence-corrected chi connectivity index (χ2v) is 5.12. The van der Waals surface area contributed by atoms with E-state index in [2.05, 4.69) is 5.32 Å². The third-order valence-electron chi connectivity index (χ3n) is 3.69. The number of hydrogen-bond acceptors (Lipinski definition) is 3. The Morgan fingerprint density at radius 3 is 2.73 bits per heavy atom. The van der Waals surface area contributed by atoms with Crippen molar-refractivity contribution in [1.82, 2.24) is 10.2 Å². The van der Waals surface area contributed by atoms with Gasteiger partial charge in [-0.15, -0.1) is 0 Å². The average Bonchev–Trinajstić information content (AvgIpc) is 3.20. The van der Waals surface area contributed by atoms with Gasteiger partial charge in [0, 0.05) is 18.7 Å². The number of carbonyl (C=O) groups is 2. The van der Waals surface area contributed by atoms with Crippen molar-refractivity contribution in [2.45, 2.75) is 6.04 Å². The van der Waals surface area contributed by atoms with Crippen LogP contribution in [0.2, 0.25) is 0 Å². The summed E-state index contributed by atoms with van der Waals surface area (Å²) < 4.78 is 5.49.